The molecule has 3 aliphatic heterocycles. The van der Waals surface area contributed by atoms with E-state index in [0.717, 1.165) is 6.26 Å². The number of oxime groups is 1. The average molecular weight is 1140 g/mol. The number of sulfone groups is 1. The second-order valence-electron chi connectivity index (χ2n) is 23.1. The number of hydrogen-bond acceptors (Lipinski definition) is 19. The fourth-order valence-electron chi connectivity index (χ4n) is 12.2. The highest BCUT2D eigenvalue weighted by Crippen LogP contribution is 2.46. The van der Waals surface area contributed by atoms with Gasteiger partial charge in [0.05, 0.1) is 59.4 Å². The maximum absolute atomic E-state index is 14.8. The number of esters is 1. The normalized spacial score (nSPS) is 36.7. The lowest BCUT2D eigenvalue weighted by Crippen LogP contribution is -2.61. The van der Waals surface area contributed by atoms with Crippen LogP contribution < -0.4 is 5.32 Å². The number of carbonyl (C=O) groups excluding carboxylic acids is 2. The molecule has 4 heterocycles. The number of carbonyl (C=O) groups is 2. The van der Waals surface area contributed by atoms with Crippen LogP contribution in [0.4, 0.5) is 4.39 Å². The largest absolute Gasteiger partial charge is 0.459 e. The third-order valence-electron chi connectivity index (χ3n) is 17.1. The first kappa shape index (κ1) is 66.0. The van der Waals surface area contributed by atoms with Gasteiger partial charge in [-0.05, 0) is 90.1 Å². The van der Waals surface area contributed by atoms with Crippen LogP contribution in [0.1, 0.15) is 119 Å². The molecule has 79 heavy (non-hydrogen) atoms. The van der Waals surface area contributed by atoms with Crippen molar-refractivity contribution < 1.29 is 80.8 Å². The van der Waals surface area contributed by atoms with E-state index >= 15 is 0 Å². The van der Waals surface area contributed by atoms with Gasteiger partial charge in [0.2, 0.25) is 12.7 Å². The van der Waals surface area contributed by atoms with Crippen LogP contribution in [0.3, 0.4) is 0 Å². The predicted octanol–water partition coefficient (Wildman–Crippen LogP) is 5.56. The number of nitrogens with one attached hydrogen (secondary N) is 1. The van der Waals surface area contributed by atoms with Gasteiger partial charge in [-0.15, -0.1) is 0 Å². The number of aromatic nitrogens is 1. The quantitative estimate of drug-likeness (QED) is 0.0499. The van der Waals surface area contributed by atoms with E-state index in [0.29, 0.717) is 35.2 Å². The summed E-state index contributed by atoms with van der Waals surface area (Å²) in [5.41, 5.74) is -2.11. The lowest BCUT2D eigenvalue weighted by atomic mass is 9.67. The molecule has 0 bridgehead atoms. The van der Waals surface area contributed by atoms with Gasteiger partial charge < -0.3 is 68.6 Å². The van der Waals surface area contributed by atoms with Crippen molar-refractivity contribution >= 4 is 27.4 Å². The van der Waals surface area contributed by atoms with Gasteiger partial charge in [-0.25, -0.2) is 17.8 Å². The molecule has 22 heteroatoms. The Bertz CT molecular complexity index is 2420. The van der Waals surface area contributed by atoms with Crippen LogP contribution in [0.5, 0.6) is 0 Å². The number of alkyl halides is 1. The minimum atomic E-state index is -3.48. The number of hydrogen-bond donors (Lipinski definition) is 5. The monoisotopic (exact) mass is 1140 g/mol. The third-order valence-corrected chi connectivity index (χ3v) is 18.1. The maximum atomic E-state index is 14.8. The summed E-state index contributed by atoms with van der Waals surface area (Å²) in [6.07, 6.45) is -4.45. The molecule has 0 spiro atoms. The van der Waals surface area contributed by atoms with Crippen molar-refractivity contribution in [3.63, 3.8) is 0 Å². The van der Waals surface area contributed by atoms with E-state index in [1.54, 1.807) is 65.1 Å². The lowest BCUT2D eigenvalue weighted by Gasteiger charge is -2.52. The van der Waals surface area contributed by atoms with Gasteiger partial charge in [-0.1, -0.05) is 64.0 Å². The molecule has 3 aliphatic rings. The van der Waals surface area contributed by atoms with Crippen LogP contribution >= 0.6 is 0 Å². The smallest absolute Gasteiger partial charge is 0.309 e. The van der Waals surface area contributed by atoms with E-state index in [1.807, 2.05) is 46.6 Å². The molecule has 448 valence electrons. The van der Waals surface area contributed by atoms with E-state index in [9.17, 15) is 42.8 Å². The van der Waals surface area contributed by atoms with Crippen molar-refractivity contribution in [2.75, 3.05) is 54.6 Å². The van der Waals surface area contributed by atoms with Crippen molar-refractivity contribution in [1.29, 1.82) is 0 Å². The van der Waals surface area contributed by atoms with Gasteiger partial charge in [0.15, 0.2) is 21.2 Å². The van der Waals surface area contributed by atoms with Crippen molar-refractivity contribution in [3.05, 3.63) is 48.2 Å². The van der Waals surface area contributed by atoms with Crippen LogP contribution in [-0.2, 0) is 57.4 Å². The van der Waals surface area contributed by atoms with Crippen molar-refractivity contribution in [2.45, 2.75) is 197 Å². The molecule has 0 aliphatic carbocycles. The van der Waals surface area contributed by atoms with Crippen LogP contribution in [-0.4, -0.2) is 189 Å². The number of pyridine rings is 1. The molecule has 19 atom stereocenters. The second kappa shape index (κ2) is 28.0. The van der Waals surface area contributed by atoms with Crippen molar-refractivity contribution in [2.24, 2.45) is 34.7 Å². The molecular weight excluding hydrogens is 1050 g/mol. The predicted molar refractivity (Wildman–Crippen MR) is 293 cm³/mol. The van der Waals surface area contributed by atoms with Gasteiger partial charge in [0, 0.05) is 88.9 Å². The summed E-state index contributed by atoms with van der Waals surface area (Å²) < 4.78 is 82.8. The Morgan fingerprint density at radius 2 is 1.58 bits per heavy atom. The molecule has 0 saturated carbocycles. The van der Waals surface area contributed by atoms with E-state index in [-0.39, 0.29) is 56.2 Å². The Morgan fingerprint density at radius 3 is 2.15 bits per heavy atom. The number of benzene rings is 1. The first-order chi connectivity index (χ1) is 37.0. The first-order valence-electron chi connectivity index (χ1n) is 27.5. The van der Waals surface area contributed by atoms with E-state index in [1.165, 1.54) is 33.4 Å². The number of aliphatic hydroxyl groups excluding tert-OH is 3. The fraction of sp³-hybridized carbons (Fsp3) is 0.754. The average Bonchev–Trinajstić information content (AvgIpc) is 3.47. The Labute approximate surface area is 467 Å². The van der Waals surface area contributed by atoms with Crippen LogP contribution in [0.2, 0.25) is 0 Å². The maximum Gasteiger partial charge on any atom is 0.309 e. The minimum absolute atomic E-state index is 0.0182. The minimum Gasteiger partial charge on any atom is -0.459 e. The highest BCUT2D eigenvalue weighted by atomic mass is 32.2. The third kappa shape index (κ3) is 15.9. The number of halogens is 1. The summed E-state index contributed by atoms with van der Waals surface area (Å²) in [6, 6.07) is 8.26. The SMILES string of the molecule is CC[C@H]1OC(=O)[C@H](C)[C@@H](C2C[C@@](C)(OC)[C@@H](O)[C@H](C)O2)[C@H](C)[C@@H](O[C@H]2C[C@@H](N(C)CCC(=O)N[C@H](CF)[C@H](O)c3ccc(-c4ccc(S(C)(=O)=O)nc4)cc3)C[C@@H](C)O2)[C@](C)(OC)C[C@@H](C)/C(=N/OCOC)[C@H](C)[C@@H](O)[C@]1(C)O. The van der Waals surface area contributed by atoms with Crippen molar-refractivity contribution in [3.8, 4) is 11.1 Å². The molecule has 3 saturated heterocycles. The van der Waals surface area contributed by atoms with E-state index in [2.05, 4.69) is 15.5 Å². The Balaban J connectivity index is 1.43. The number of cyclic esters (lactones) is 1. The number of ether oxygens (including phenoxy) is 7. The van der Waals surface area contributed by atoms with Crippen molar-refractivity contribution in [1.82, 2.24) is 15.2 Å². The molecule has 1 unspecified atom stereocenters. The number of aliphatic hydroxyl groups is 4. The van der Waals surface area contributed by atoms with Crippen LogP contribution in [0, 0.1) is 29.6 Å². The summed E-state index contributed by atoms with van der Waals surface area (Å²) >= 11 is 0. The zero-order valence-corrected chi connectivity index (χ0v) is 49.8. The summed E-state index contributed by atoms with van der Waals surface area (Å²) in [5, 5.41) is 53.9. The van der Waals surface area contributed by atoms with Gasteiger partial charge >= 0.3 is 5.97 Å². The molecular formula is C57H91FN4O16S. The van der Waals surface area contributed by atoms with Gasteiger partial charge in [0.25, 0.3) is 0 Å². The highest BCUT2D eigenvalue weighted by molar-refractivity contribution is 7.90. The van der Waals surface area contributed by atoms with E-state index in [4.69, 9.17) is 38.0 Å². The zero-order valence-electron chi connectivity index (χ0n) is 49.0. The standard InChI is InChI=1S/C57H91FN4O16S/c1-16-44-57(10,68)51(65)36(6)49(61-74-31-71-12)32(2)27-56(9,73-14)53(34(4)48(35(5)54(67)77-44)43-28-55(8,72-13)52(66)37(7)76-43)78-47-26-41(25-33(3)75-47)62(11)24-23-45(63)60-42(29-58)50(64)39-19-17-38(18-20-39)40-21-22-46(59-30-40)79(15,69)70/h17-22,30,32-37,41-44,47-48,50-53,64-66,68H,16,23-29,31H2,1-15H3,(H,60,63)/b61-49-/t32-,33-,34+,35-,36+,37+,41+,42-,43?,44-,47+,48+,50-,51-,52+,53-,55-,56-,57-/m1/s1. The molecule has 0 radical (unpaired) electrons. The number of methoxy groups -OCH3 is 3. The Kier molecular flexibility index (Phi) is 23.4. The molecule has 1 amide bonds. The number of nitrogens with zero attached hydrogens (tertiary/aromatic N) is 3. The molecule has 1 aromatic carbocycles. The molecule has 2 aromatic rings. The Hall–Kier alpha value is -3.78. The topological polar surface area (TPSA) is 264 Å². The second-order valence-corrected chi connectivity index (χ2v) is 25.0. The van der Waals surface area contributed by atoms with Gasteiger partial charge in [-0.3, -0.25) is 9.59 Å². The van der Waals surface area contributed by atoms with Crippen LogP contribution in [0.15, 0.2) is 52.8 Å². The number of amides is 1. The fourth-order valence-corrected chi connectivity index (χ4v) is 12.7. The zero-order chi connectivity index (χ0) is 58.9. The number of rotatable bonds is 19. The summed E-state index contributed by atoms with van der Waals surface area (Å²) in [5.74, 6) is -4.64. The molecule has 5 N–H and O–H groups in total. The summed E-state index contributed by atoms with van der Waals surface area (Å²) in [4.78, 5) is 39.9. The van der Waals surface area contributed by atoms with Gasteiger partial charge in [0.1, 0.15) is 30.6 Å². The molecule has 1 aromatic heterocycles. The van der Waals surface area contributed by atoms with Gasteiger partial charge in [-0.2, -0.15) is 0 Å². The molecule has 5 rings (SSSR count). The molecule has 3 fully saturated rings. The Morgan fingerprint density at radius 1 is 0.937 bits per heavy atom. The summed E-state index contributed by atoms with van der Waals surface area (Å²) in [7, 11) is 2.98. The molecule has 20 nitrogen and oxygen atoms in total. The van der Waals surface area contributed by atoms with E-state index < -0.39 is 130 Å². The lowest BCUT2D eigenvalue weighted by molar-refractivity contribution is -0.278. The first-order valence-corrected chi connectivity index (χ1v) is 29.4. The van der Waals surface area contributed by atoms with Crippen LogP contribution in [0.25, 0.3) is 11.1 Å². The highest BCUT2D eigenvalue weighted by Gasteiger charge is 2.55. The summed E-state index contributed by atoms with van der Waals surface area (Å²) in [6.45, 7) is 17.0.